The Balaban J connectivity index is 1.70. The lowest BCUT2D eigenvalue weighted by molar-refractivity contribution is 0.319. The van der Waals surface area contributed by atoms with E-state index in [1.165, 1.54) is 18.9 Å². The first-order chi connectivity index (χ1) is 7.74. The molecule has 0 aromatic carbocycles. The van der Waals surface area contributed by atoms with Gasteiger partial charge in [0.2, 0.25) is 0 Å². The lowest BCUT2D eigenvalue weighted by atomic mass is 10.3. The van der Waals surface area contributed by atoms with E-state index in [4.69, 9.17) is 0 Å². The first-order valence-corrected chi connectivity index (χ1v) is 5.70. The average molecular weight is 222 g/mol. The number of nitrogens with one attached hydrogen (secondary N) is 2. The Kier molecular flexibility index (Phi) is 3.69. The van der Waals surface area contributed by atoms with Crippen LogP contribution >= 0.6 is 0 Å². The smallest absolute Gasteiger partial charge is 0.264 e. The van der Waals surface area contributed by atoms with Crippen LogP contribution in [0.1, 0.15) is 18.5 Å². The highest BCUT2D eigenvalue weighted by Crippen LogP contribution is 2.17. The van der Waals surface area contributed by atoms with Crippen LogP contribution in [0.2, 0.25) is 0 Å². The van der Waals surface area contributed by atoms with Crippen molar-refractivity contribution in [2.45, 2.75) is 25.4 Å². The van der Waals surface area contributed by atoms with Crippen LogP contribution in [0.5, 0.6) is 0 Å². The molecule has 2 rings (SSSR count). The van der Waals surface area contributed by atoms with Gasteiger partial charge in [-0.15, -0.1) is 0 Å². The predicted octanol–water partition coefficient (Wildman–Crippen LogP) is -0.0463. The van der Waals surface area contributed by atoms with Crippen molar-refractivity contribution in [3.05, 3.63) is 28.2 Å². The van der Waals surface area contributed by atoms with Gasteiger partial charge in [0.1, 0.15) is 0 Å². The highest BCUT2D eigenvalue weighted by molar-refractivity contribution is 4.98. The molecule has 1 fully saturated rings. The molecule has 0 amide bonds. The molecule has 0 unspecified atom stereocenters. The molecule has 88 valence electrons. The van der Waals surface area contributed by atoms with Gasteiger partial charge in [0.25, 0.3) is 5.56 Å². The lowest BCUT2D eigenvalue weighted by Crippen LogP contribution is -2.30. The van der Waals surface area contributed by atoms with Crippen molar-refractivity contribution in [1.82, 2.24) is 20.4 Å². The van der Waals surface area contributed by atoms with Crippen molar-refractivity contribution in [2.75, 3.05) is 20.1 Å². The first-order valence-electron chi connectivity index (χ1n) is 5.70. The third-order valence-electron chi connectivity index (χ3n) is 2.67. The summed E-state index contributed by atoms with van der Waals surface area (Å²) in [6.07, 6.45) is 2.65. The molecule has 1 aliphatic carbocycles. The van der Waals surface area contributed by atoms with Crippen molar-refractivity contribution in [3.8, 4) is 0 Å². The van der Waals surface area contributed by atoms with Crippen LogP contribution in [-0.4, -0.2) is 41.3 Å². The van der Waals surface area contributed by atoms with Crippen LogP contribution in [-0.2, 0) is 6.54 Å². The molecular weight excluding hydrogens is 204 g/mol. The van der Waals surface area contributed by atoms with Gasteiger partial charge in [0, 0.05) is 31.7 Å². The van der Waals surface area contributed by atoms with E-state index < -0.39 is 0 Å². The molecule has 16 heavy (non-hydrogen) atoms. The third-order valence-corrected chi connectivity index (χ3v) is 2.67. The van der Waals surface area contributed by atoms with Crippen LogP contribution in [0.4, 0.5) is 0 Å². The van der Waals surface area contributed by atoms with Crippen molar-refractivity contribution < 1.29 is 0 Å². The molecular formula is C11H18N4O. The van der Waals surface area contributed by atoms with Crippen LogP contribution in [0.3, 0.4) is 0 Å². The number of likely N-dealkylation sites (N-methyl/N-ethyl adjacent to an activating group) is 1. The summed E-state index contributed by atoms with van der Waals surface area (Å²) in [4.78, 5) is 13.0. The van der Waals surface area contributed by atoms with Gasteiger partial charge in [-0.05, 0) is 26.0 Å². The molecule has 1 aromatic heterocycles. The largest absolute Gasteiger partial charge is 0.313 e. The zero-order valence-electron chi connectivity index (χ0n) is 9.57. The molecule has 5 nitrogen and oxygen atoms in total. The summed E-state index contributed by atoms with van der Waals surface area (Å²) >= 11 is 0. The maximum Gasteiger partial charge on any atom is 0.264 e. The van der Waals surface area contributed by atoms with Crippen molar-refractivity contribution in [1.29, 1.82) is 0 Å². The third kappa shape index (κ3) is 3.75. The highest BCUT2D eigenvalue weighted by atomic mass is 16.1. The van der Waals surface area contributed by atoms with E-state index in [1.807, 2.05) is 0 Å². The Bertz CT molecular complexity index is 365. The molecule has 2 N–H and O–H groups in total. The molecule has 0 bridgehead atoms. The quantitative estimate of drug-likeness (QED) is 0.708. The Morgan fingerprint density at radius 1 is 1.56 bits per heavy atom. The molecule has 0 radical (unpaired) electrons. The maximum atomic E-state index is 10.8. The molecule has 0 aliphatic heterocycles. The number of hydrogen-bond acceptors (Lipinski definition) is 4. The standard InChI is InChI=1S/C11H18N4O/c1-15(7-6-12-9-2-3-9)8-10-4-5-11(16)14-13-10/h4-5,9,12H,2-3,6-8H2,1H3,(H,14,16). The molecule has 1 saturated carbocycles. The lowest BCUT2D eigenvalue weighted by Gasteiger charge is -2.15. The minimum atomic E-state index is -0.151. The van der Waals surface area contributed by atoms with Gasteiger partial charge in [-0.1, -0.05) is 0 Å². The average Bonchev–Trinajstić information content (AvgIpc) is 3.05. The van der Waals surface area contributed by atoms with Crippen LogP contribution in [0.15, 0.2) is 16.9 Å². The first kappa shape index (κ1) is 11.3. The fourth-order valence-electron chi connectivity index (χ4n) is 1.56. The van der Waals surface area contributed by atoms with Crippen LogP contribution in [0, 0.1) is 0 Å². The van der Waals surface area contributed by atoms with E-state index in [2.05, 4.69) is 27.5 Å². The summed E-state index contributed by atoms with van der Waals surface area (Å²) in [5.41, 5.74) is 0.746. The Hall–Kier alpha value is -1.20. The van der Waals surface area contributed by atoms with E-state index in [9.17, 15) is 4.79 Å². The zero-order valence-corrected chi connectivity index (χ0v) is 9.57. The Morgan fingerprint density at radius 2 is 2.38 bits per heavy atom. The topological polar surface area (TPSA) is 61.0 Å². The highest BCUT2D eigenvalue weighted by Gasteiger charge is 2.19. The predicted molar refractivity (Wildman–Crippen MR) is 62.2 cm³/mol. The normalized spacial score (nSPS) is 15.6. The fourth-order valence-corrected chi connectivity index (χ4v) is 1.56. The summed E-state index contributed by atoms with van der Waals surface area (Å²) in [5.74, 6) is 0. The number of rotatable bonds is 6. The summed E-state index contributed by atoms with van der Waals surface area (Å²) in [6, 6.07) is 4.04. The van der Waals surface area contributed by atoms with E-state index in [0.717, 1.165) is 31.4 Å². The zero-order chi connectivity index (χ0) is 11.4. The summed E-state index contributed by atoms with van der Waals surface area (Å²) in [6.45, 7) is 2.78. The monoisotopic (exact) mass is 222 g/mol. The number of hydrogen-bond donors (Lipinski definition) is 2. The second-order valence-corrected chi connectivity index (χ2v) is 4.38. The van der Waals surface area contributed by atoms with E-state index in [1.54, 1.807) is 6.07 Å². The van der Waals surface area contributed by atoms with E-state index in [0.29, 0.717) is 0 Å². The minimum absolute atomic E-state index is 0.151. The van der Waals surface area contributed by atoms with Gasteiger partial charge >= 0.3 is 0 Å². The second kappa shape index (κ2) is 5.23. The Morgan fingerprint density at radius 3 is 3.00 bits per heavy atom. The SMILES string of the molecule is CN(CCNC1CC1)Cc1ccc(=O)[nH]n1. The fraction of sp³-hybridized carbons (Fsp3) is 0.636. The van der Waals surface area contributed by atoms with Gasteiger partial charge in [0.15, 0.2) is 0 Å². The maximum absolute atomic E-state index is 10.8. The van der Waals surface area contributed by atoms with Gasteiger partial charge in [-0.25, -0.2) is 5.10 Å². The molecule has 0 saturated heterocycles. The van der Waals surface area contributed by atoms with Gasteiger partial charge in [0.05, 0.1) is 5.69 Å². The van der Waals surface area contributed by atoms with Gasteiger partial charge in [-0.2, -0.15) is 5.10 Å². The Labute approximate surface area is 94.9 Å². The molecule has 1 heterocycles. The van der Waals surface area contributed by atoms with Gasteiger partial charge < -0.3 is 5.32 Å². The molecule has 0 spiro atoms. The molecule has 0 atom stereocenters. The summed E-state index contributed by atoms with van der Waals surface area (Å²) in [5, 5.41) is 9.88. The van der Waals surface area contributed by atoms with Crippen molar-refractivity contribution in [2.24, 2.45) is 0 Å². The number of H-pyrrole nitrogens is 1. The molecule has 1 aromatic rings. The van der Waals surface area contributed by atoms with Crippen LogP contribution in [0.25, 0.3) is 0 Å². The van der Waals surface area contributed by atoms with Gasteiger partial charge in [-0.3, -0.25) is 9.69 Å². The number of aromatic amines is 1. The van der Waals surface area contributed by atoms with E-state index >= 15 is 0 Å². The van der Waals surface area contributed by atoms with Crippen molar-refractivity contribution >= 4 is 0 Å². The molecule has 5 heteroatoms. The second-order valence-electron chi connectivity index (χ2n) is 4.38. The molecule has 1 aliphatic rings. The van der Waals surface area contributed by atoms with Crippen molar-refractivity contribution in [3.63, 3.8) is 0 Å². The number of aromatic nitrogens is 2. The summed E-state index contributed by atoms with van der Waals surface area (Å²) in [7, 11) is 2.06. The van der Waals surface area contributed by atoms with Crippen LogP contribution < -0.4 is 10.9 Å². The van der Waals surface area contributed by atoms with E-state index in [-0.39, 0.29) is 5.56 Å². The number of nitrogens with zero attached hydrogens (tertiary/aromatic N) is 2. The minimum Gasteiger partial charge on any atom is -0.313 e. The summed E-state index contributed by atoms with van der Waals surface area (Å²) < 4.78 is 0.